The monoisotopic (exact) mass is 355 g/mol. The minimum atomic E-state index is 0.0490. The average molecular weight is 355 g/mol. The number of carbonyl (C=O) groups excluding carboxylic acids is 1. The normalized spacial score (nSPS) is 14.8. The van der Waals surface area contributed by atoms with Crippen molar-refractivity contribution in [2.45, 2.75) is 6.92 Å². The van der Waals surface area contributed by atoms with Gasteiger partial charge >= 0.3 is 0 Å². The third kappa shape index (κ3) is 3.10. The van der Waals surface area contributed by atoms with Gasteiger partial charge in [-0.2, -0.15) is 4.68 Å². The summed E-state index contributed by atoms with van der Waals surface area (Å²) in [6.07, 6.45) is 1.66. The summed E-state index contributed by atoms with van der Waals surface area (Å²) in [5, 5.41) is 13.0. The fourth-order valence-electron chi connectivity index (χ4n) is 2.84. The Labute approximate surface area is 148 Å². The predicted octanol–water partition coefficient (Wildman–Crippen LogP) is 1.39. The van der Waals surface area contributed by atoms with Crippen LogP contribution >= 0.6 is 11.3 Å². The van der Waals surface area contributed by atoms with Gasteiger partial charge in [0, 0.05) is 26.2 Å². The molecule has 0 spiro atoms. The fourth-order valence-corrected chi connectivity index (χ4v) is 3.59. The molecular formula is C16H17N7OS. The maximum atomic E-state index is 12.5. The van der Waals surface area contributed by atoms with E-state index in [0.29, 0.717) is 37.0 Å². The van der Waals surface area contributed by atoms with Crippen LogP contribution in [0.1, 0.15) is 14.7 Å². The number of aryl methyl sites for hydroxylation is 1. The van der Waals surface area contributed by atoms with Gasteiger partial charge in [-0.15, -0.1) is 11.3 Å². The highest BCUT2D eigenvalue weighted by molar-refractivity contribution is 7.13. The number of piperazine rings is 1. The molecule has 0 unspecified atom stereocenters. The molecule has 2 aromatic heterocycles. The lowest BCUT2D eigenvalue weighted by Crippen LogP contribution is -2.49. The molecule has 4 rings (SSSR count). The zero-order valence-electron chi connectivity index (χ0n) is 13.7. The molecule has 0 saturated carbocycles. The van der Waals surface area contributed by atoms with Crippen molar-refractivity contribution in [3.8, 4) is 5.69 Å². The second kappa shape index (κ2) is 6.60. The molecule has 3 heterocycles. The van der Waals surface area contributed by atoms with Crippen LogP contribution in [0.5, 0.6) is 0 Å². The Balaban J connectivity index is 1.46. The van der Waals surface area contributed by atoms with Gasteiger partial charge in [0.15, 0.2) is 0 Å². The molecule has 3 aromatic rings. The summed E-state index contributed by atoms with van der Waals surface area (Å²) in [5.41, 5.74) is 0.918. The molecule has 9 heteroatoms. The number of benzene rings is 1. The Morgan fingerprint density at radius 2 is 1.88 bits per heavy atom. The number of hydrogen-bond donors (Lipinski definition) is 0. The smallest absolute Gasteiger partial charge is 0.265 e. The molecule has 128 valence electrons. The molecule has 0 radical (unpaired) electrons. The number of thiazole rings is 1. The summed E-state index contributed by atoms with van der Waals surface area (Å²) in [6, 6.07) is 9.79. The van der Waals surface area contributed by atoms with E-state index in [2.05, 4.69) is 25.4 Å². The summed E-state index contributed by atoms with van der Waals surface area (Å²) in [4.78, 5) is 21.4. The molecule has 1 amide bonds. The van der Waals surface area contributed by atoms with Crippen LogP contribution in [0.15, 0.2) is 36.5 Å². The molecule has 1 aromatic carbocycles. The average Bonchev–Trinajstić information content (AvgIpc) is 3.31. The lowest BCUT2D eigenvalue weighted by atomic mass is 10.3. The van der Waals surface area contributed by atoms with Crippen molar-refractivity contribution in [1.82, 2.24) is 30.1 Å². The minimum absolute atomic E-state index is 0.0490. The van der Waals surface area contributed by atoms with Crippen molar-refractivity contribution in [2.75, 3.05) is 31.1 Å². The quantitative estimate of drug-likeness (QED) is 0.706. The van der Waals surface area contributed by atoms with Gasteiger partial charge in [0.05, 0.1) is 16.9 Å². The van der Waals surface area contributed by atoms with Crippen molar-refractivity contribution in [2.24, 2.45) is 0 Å². The first kappa shape index (κ1) is 15.7. The first-order valence-corrected chi connectivity index (χ1v) is 8.84. The van der Waals surface area contributed by atoms with E-state index in [1.807, 2.05) is 42.2 Å². The highest BCUT2D eigenvalue weighted by Gasteiger charge is 2.26. The Bertz CT molecular complexity index is 868. The summed E-state index contributed by atoms with van der Waals surface area (Å²) < 4.78 is 1.73. The number of tetrazole rings is 1. The van der Waals surface area contributed by atoms with Gasteiger partial charge in [-0.05, 0) is 29.5 Å². The van der Waals surface area contributed by atoms with Gasteiger partial charge in [0.25, 0.3) is 5.91 Å². The van der Waals surface area contributed by atoms with Crippen molar-refractivity contribution < 1.29 is 4.79 Å². The lowest BCUT2D eigenvalue weighted by Gasteiger charge is -2.34. The third-order valence-electron chi connectivity index (χ3n) is 4.14. The number of amides is 1. The van der Waals surface area contributed by atoms with Crippen LogP contribution in [0, 0.1) is 6.92 Å². The predicted molar refractivity (Wildman–Crippen MR) is 94.1 cm³/mol. The number of anilines is 1. The van der Waals surface area contributed by atoms with Crippen LogP contribution in [0.3, 0.4) is 0 Å². The van der Waals surface area contributed by atoms with Crippen LogP contribution in [0.25, 0.3) is 5.69 Å². The van der Waals surface area contributed by atoms with E-state index in [-0.39, 0.29) is 5.91 Å². The first-order chi connectivity index (χ1) is 12.2. The molecule has 0 aliphatic carbocycles. The lowest BCUT2D eigenvalue weighted by molar-refractivity contribution is 0.0750. The summed E-state index contributed by atoms with van der Waals surface area (Å²) in [5.74, 6) is 0.750. The molecule has 0 N–H and O–H groups in total. The Kier molecular flexibility index (Phi) is 4.14. The molecule has 1 fully saturated rings. The van der Waals surface area contributed by atoms with Crippen LogP contribution < -0.4 is 4.90 Å². The third-order valence-corrected chi connectivity index (χ3v) is 5.04. The minimum Gasteiger partial charge on any atom is -0.336 e. The largest absolute Gasteiger partial charge is 0.336 e. The van der Waals surface area contributed by atoms with E-state index >= 15 is 0 Å². The van der Waals surface area contributed by atoms with E-state index in [1.165, 1.54) is 11.3 Å². The molecule has 1 saturated heterocycles. The first-order valence-electron chi connectivity index (χ1n) is 8.03. The Hall–Kier alpha value is -2.81. The number of rotatable bonds is 3. The summed E-state index contributed by atoms with van der Waals surface area (Å²) in [6.45, 7) is 4.56. The van der Waals surface area contributed by atoms with Crippen LogP contribution in [0.4, 0.5) is 5.95 Å². The van der Waals surface area contributed by atoms with Crippen molar-refractivity contribution in [3.05, 3.63) is 46.4 Å². The highest BCUT2D eigenvalue weighted by Crippen LogP contribution is 2.19. The van der Waals surface area contributed by atoms with Crippen LogP contribution in [-0.2, 0) is 0 Å². The van der Waals surface area contributed by atoms with Crippen molar-refractivity contribution >= 4 is 23.2 Å². The van der Waals surface area contributed by atoms with Crippen LogP contribution in [-0.4, -0.2) is 62.2 Å². The van der Waals surface area contributed by atoms with E-state index in [1.54, 1.807) is 10.9 Å². The summed E-state index contributed by atoms with van der Waals surface area (Å²) in [7, 11) is 0. The Morgan fingerprint density at radius 3 is 2.56 bits per heavy atom. The topological polar surface area (TPSA) is 80.0 Å². The van der Waals surface area contributed by atoms with E-state index < -0.39 is 0 Å². The van der Waals surface area contributed by atoms with Gasteiger partial charge in [-0.1, -0.05) is 23.3 Å². The van der Waals surface area contributed by atoms with E-state index in [9.17, 15) is 4.79 Å². The van der Waals surface area contributed by atoms with E-state index in [4.69, 9.17) is 0 Å². The highest BCUT2D eigenvalue weighted by atomic mass is 32.1. The molecule has 0 atom stereocenters. The van der Waals surface area contributed by atoms with Gasteiger partial charge in [0.1, 0.15) is 4.88 Å². The Morgan fingerprint density at radius 1 is 1.12 bits per heavy atom. The van der Waals surface area contributed by atoms with E-state index in [0.717, 1.165) is 10.7 Å². The zero-order chi connectivity index (χ0) is 17.2. The van der Waals surface area contributed by atoms with Crippen molar-refractivity contribution in [1.29, 1.82) is 0 Å². The molecule has 25 heavy (non-hydrogen) atoms. The maximum Gasteiger partial charge on any atom is 0.265 e. The molecule has 1 aliphatic heterocycles. The number of para-hydroxylation sites is 1. The van der Waals surface area contributed by atoms with Gasteiger partial charge in [0.2, 0.25) is 5.95 Å². The molecule has 0 bridgehead atoms. The van der Waals surface area contributed by atoms with Crippen molar-refractivity contribution in [3.63, 3.8) is 0 Å². The van der Waals surface area contributed by atoms with Crippen LogP contribution in [0.2, 0.25) is 0 Å². The number of hydrogen-bond acceptors (Lipinski definition) is 7. The SMILES string of the molecule is Cc1ncc(C(=O)N2CCN(c3nnnn3-c3ccccc3)CC2)s1. The standard InChI is InChI=1S/C16H17N7OS/c1-12-17-11-14(25-12)15(24)21-7-9-22(10-8-21)16-18-19-20-23(16)13-5-3-2-4-6-13/h2-6,11H,7-10H2,1H3. The zero-order valence-corrected chi connectivity index (χ0v) is 14.6. The van der Waals surface area contributed by atoms with Gasteiger partial charge in [-0.3, -0.25) is 4.79 Å². The molecule has 1 aliphatic rings. The van der Waals surface area contributed by atoms with Gasteiger partial charge < -0.3 is 9.80 Å². The number of carbonyl (C=O) groups is 1. The summed E-state index contributed by atoms with van der Waals surface area (Å²) >= 11 is 1.44. The number of aromatic nitrogens is 5. The second-order valence-electron chi connectivity index (χ2n) is 5.75. The van der Waals surface area contributed by atoms with Gasteiger partial charge in [-0.25, -0.2) is 4.98 Å². The molecule has 8 nitrogen and oxygen atoms in total. The maximum absolute atomic E-state index is 12.5. The number of nitrogens with zero attached hydrogens (tertiary/aromatic N) is 7. The molecular weight excluding hydrogens is 338 g/mol. The second-order valence-corrected chi connectivity index (χ2v) is 6.98. The fraction of sp³-hybridized carbons (Fsp3) is 0.312.